The average Bonchev–Trinajstić information content (AvgIpc) is 2.76. The molecule has 0 unspecified atom stereocenters. The van der Waals surface area contributed by atoms with E-state index in [1.54, 1.807) is 0 Å². The van der Waals surface area contributed by atoms with Gasteiger partial charge in [-0.3, -0.25) is 0 Å². The molecule has 1 saturated heterocycles. The van der Waals surface area contributed by atoms with Gasteiger partial charge in [0.25, 0.3) is 0 Å². The first-order chi connectivity index (χ1) is 7.72. The molecule has 1 saturated carbocycles. The lowest BCUT2D eigenvalue weighted by molar-refractivity contribution is -0.181. The number of hydrogen-bond donors (Lipinski definition) is 0. The summed E-state index contributed by atoms with van der Waals surface area (Å²) in [6.45, 7) is 12.2. The van der Waals surface area contributed by atoms with Crippen LogP contribution in [0.2, 0.25) is 0 Å². The highest BCUT2D eigenvalue weighted by atomic mass is 16.7. The molecule has 1 aliphatic heterocycles. The summed E-state index contributed by atoms with van der Waals surface area (Å²) in [5.41, 5.74) is 0. The summed E-state index contributed by atoms with van der Waals surface area (Å²) >= 11 is 0. The molecule has 0 amide bonds. The van der Waals surface area contributed by atoms with Gasteiger partial charge >= 0.3 is 0 Å². The summed E-state index contributed by atoms with van der Waals surface area (Å²) in [7, 11) is 0. The van der Waals surface area contributed by atoms with Crippen molar-refractivity contribution in [2.24, 2.45) is 5.92 Å². The summed E-state index contributed by atoms with van der Waals surface area (Å²) in [4.78, 5) is 0. The minimum absolute atomic E-state index is 0.146. The van der Waals surface area contributed by atoms with Gasteiger partial charge in [-0.1, -0.05) is 41.0 Å². The van der Waals surface area contributed by atoms with Crippen LogP contribution in [0.4, 0.5) is 0 Å². The van der Waals surface area contributed by atoms with Crippen LogP contribution in [0.25, 0.3) is 0 Å². The van der Waals surface area contributed by atoms with Crippen molar-refractivity contribution in [2.75, 3.05) is 13.2 Å². The van der Waals surface area contributed by atoms with Gasteiger partial charge in [0, 0.05) is 12.8 Å². The molecule has 0 aromatic heterocycles. The molecular formula is C14H30O2. The quantitative estimate of drug-likeness (QED) is 0.615. The van der Waals surface area contributed by atoms with Gasteiger partial charge in [-0.05, 0) is 18.8 Å². The second kappa shape index (κ2) is 9.00. The lowest BCUT2D eigenvalue weighted by Gasteiger charge is -2.33. The van der Waals surface area contributed by atoms with Crippen molar-refractivity contribution < 1.29 is 9.47 Å². The molecule has 16 heavy (non-hydrogen) atoms. The molecule has 2 nitrogen and oxygen atoms in total. The van der Waals surface area contributed by atoms with Crippen LogP contribution in [0.15, 0.2) is 0 Å². The third-order valence-corrected chi connectivity index (χ3v) is 2.85. The molecule has 1 aliphatic carbocycles. The van der Waals surface area contributed by atoms with E-state index in [1.165, 1.54) is 19.3 Å². The third-order valence-electron chi connectivity index (χ3n) is 2.85. The van der Waals surface area contributed by atoms with Crippen LogP contribution in [-0.4, -0.2) is 19.0 Å². The second-order valence-corrected chi connectivity index (χ2v) is 4.50. The molecule has 0 aromatic rings. The van der Waals surface area contributed by atoms with Crippen LogP contribution < -0.4 is 0 Å². The zero-order chi connectivity index (χ0) is 12.4. The fraction of sp³-hybridized carbons (Fsp3) is 1.00. The minimum Gasteiger partial charge on any atom is -0.348 e. The maximum atomic E-state index is 5.61. The smallest absolute Gasteiger partial charge is 0.168 e. The molecular weight excluding hydrogens is 200 g/mol. The molecule has 2 fully saturated rings. The van der Waals surface area contributed by atoms with Gasteiger partial charge < -0.3 is 9.47 Å². The minimum atomic E-state index is -0.146. The Balaban J connectivity index is 0.000000394. The fourth-order valence-corrected chi connectivity index (χ4v) is 1.99. The summed E-state index contributed by atoms with van der Waals surface area (Å²) in [6, 6.07) is 0. The second-order valence-electron chi connectivity index (χ2n) is 4.50. The van der Waals surface area contributed by atoms with Gasteiger partial charge in [-0.2, -0.15) is 0 Å². The number of rotatable bonds is 0. The van der Waals surface area contributed by atoms with Gasteiger partial charge in [0.1, 0.15) is 0 Å². The molecule has 1 spiro atoms. The first-order valence-corrected chi connectivity index (χ1v) is 7.00. The lowest BCUT2D eigenvalue weighted by atomic mass is 9.86. The van der Waals surface area contributed by atoms with Crippen LogP contribution in [0, 0.1) is 5.92 Å². The third kappa shape index (κ3) is 5.31. The molecule has 0 atom stereocenters. The Bertz CT molecular complexity index is 141. The molecule has 2 aliphatic rings. The normalized spacial score (nSPS) is 23.1. The standard InChI is InChI=1S/C9H16O2.C3H8.C2H6/c1-8-2-4-9(5-3-8)10-6-7-11-9;1-3-2;1-2/h8H,2-7H2,1H3;3H2,1-2H3;1-2H3. The highest BCUT2D eigenvalue weighted by molar-refractivity contribution is 4.80. The first-order valence-electron chi connectivity index (χ1n) is 7.00. The monoisotopic (exact) mass is 230 g/mol. The van der Waals surface area contributed by atoms with E-state index in [9.17, 15) is 0 Å². The Morgan fingerprint density at radius 3 is 1.75 bits per heavy atom. The van der Waals surface area contributed by atoms with E-state index in [0.717, 1.165) is 32.0 Å². The van der Waals surface area contributed by atoms with Gasteiger partial charge in [0.15, 0.2) is 5.79 Å². The average molecular weight is 230 g/mol. The van der Waals surface area contributed by atoms with Crippen molar-refractivity contribution >= 4 is 0 Å². The van der Waals surface area contributed by atoms with Crippen molar-refractivity contribution in [1.29, 1.82) is 0 Å². The van der Waals surface area contributed by atoms with Crippen molar-refractivity contribution in [3.8, 4) is 0 Å². The van der Waals surface area contributed by atoms with Crippen LogP contribution in [-0.2, 0) is 9.47 Å². The Labute approximate surface area is 102 Å². The molecule has 0 radical (unpaired) electrons. The highest BCUT2D eigenvalue weighted by Crippen LogP contribution is 2.37. The Morgan fingerprint density at radius 2 is 1.38 bits per heavy atom. The van der Waals surface area contributed by atoms with Gasteiger partial charge in [-0.25, -0.2) is 0 Å². The molecule has 0 aromatic carbocycles. The highest BCUT2D eigenvalue weighted by Gasteiger charge is 2.39. The van der Waals surface area contributed by atoms with Crippen molar-refractivity contribution in [2.45, 2.75) is 72.5 Å². The molecule has 2 heteroatoms. The SMILES string of the molecule is CC.CC1CCC2(CC1)OCCO2.CCC. The van der Waals surface area contributed by atoms with E-state index in [4.69, 9.17) is 9.47 Å². The lowest BCUT2D eigenvalue weighted by Crippen LogP contribution is -2.34. The van der Waals surface area contributed by atoms with E-state index in [1.807, 2.05) is 13.8 Å². The van der Waals surface area contributed by atoms with E-state index in [0.29, 0.717) is 0 Å². The topological polar surface area (TPSA) is 18.5 Å². The van der Waals surface area contributed by atoms with Crippen LogP contribution in [0.5, 0.6) is 0 Å². The molecule has 2 rings (SSSR count). The van der Waals surface area contributed by atoms with Gasteiger partial charge in [0.2, 0.25) is 0 Å². The van der Waals surface area contributed by atoms with Gasteiger partial charge in [-0.15, -0.1) is 0 Å². The summed E-state index contributed by atoms with van der Waals surface area (Å²) in [6.07, 6.45) is 5.99. The summed E-state index contributed by atoms with van der Waals surface area (Å²) in [5, 5.41) is 0. The zero-order valence-corrected chi connectivity index (χ0v) is 11.8. The summed E-state index contributed by atoms with van der Waals surface area (Å²) in [5.74, 6) is 0.723. The fourth-order valence-electron chi connectivity index (χ4n) is 1.99. The van der Waals surface area contributed by atoms with Crippen LogP contribution >= 0.6 is 0 Å². The molecule has 98 valence electrons. The Morgan fingerprint density at radius 1 is 1.00 bits per heavy atom. The Hall–Kier alpha value is -0.0800. The van der Waals surface area contributed by atoms with Crippen LogP contribution in [0.1, 0.15) is 66.7 Å². The van der Waals surface area contributed by atoms with Crippen LogP contribution in [0.3, 0.4) is 0 Å². The van der Waals surface area contributed by atoms with E-state index >= 15 is 0 Å². The predicted molar refractivity (Wildman–Crippen MR) is 69.6 cm³/mol. The molecule has 1 heterocycles. The number of ether oxygens (including phenoxy) is 2. The maximum Gasteiger partial charge on any atom is 0.168 e. The Kier molecular flexibility index (Phi) is 8.96. The van der Waals surface area contributed by atoms with Crippen molar-refractivity contribution in [3.63, 3.8) is 0 Å². The molecule has 0 N–H and O–H groups in total. The number of hydrogen-bond acceptors (Lipinski definition) is 2. The maximum absolute atomic E-state index is 5.61. The largest absolute Gasteiger partial charge is 0.348 e. The predicted octanol–water partition coefficient (Wildman–Crippen LogP) is 4.38. The molecule has 0 bridgehead atoms. The zero-order valence-electron chi connectivity index (χ0n) is 11.8. The van der Waals surface area contributed by atoms with E-state index in [-0.39, 0.29) is 5.79 Å². The summed E-state index contributed by atoms with van der Waals surface area (Å²) < 4.78 is 11.2. The van der Waals surface area contributed by atoms with Crippen molar-refractivity contribution in [3.05, 3.63) is 0 Å². The van der Waals surface area contributed by atoms with E-state index in [2.05, 4.69) is 20.8 Å². The van der Waals surface area contributed by atoms with Gasteiger partial charge in [0.05, 0.1) is 13.2 Å². The van der Waals surface area contributed by atoms with E-state index < -0.39 is 0 Å². The first kappa shape index (κ1) is 15.9. The van der Waals surface area contributed by atoms with Crippen molar-refractivity contribution in [1.82, 2.24) is 0 Å².